The van der Waals surface area contributed by atoms with Gasteiger partial charge in [0.15, 0.2) is 5.17 Å². The van der Waals surface area contributed by atoms with Crippen LogP contribution >= 0.6 is 27.7 Å². The van der Waals surface area contributed by atoms with Crippen LogP contribution in [0.25, 0.3) is 0 Å². The molecular weight excluding hydrogens is 274 g/mol. The molecule has 1 saturated heterocycles. The number of piperazine rings is 1. The lowest BCUT2D eigenvalue weighted by Crippen LogP contribution is -2.51. The van der Waals surface area contributed by atoms with Crippen molar-refractivity contribution < 1.29 is 0 Å². The highest BCUT2D eigenvalue weighted by atomic mass is 79.9. The molecule has 2 aliphatic rings. The van der Waals surface area contributed by atoms with Crippen molar-refractivity contribution in [2.45, 2.75) is 18.2 Å². The van der Waals surface area contributed by atoms with Gasteiger partial charge in [0.05, 0.1) is 6.54 Å². The van der Waals surface area contributed by atoms with E-state index in [1.807, 2.05) is 11.8 Å². The Labute approximate surface area is 104 Å². The van der Waals surface area contributed by atoms with E-state index < -0.39 is 0 Å². The second-order valence-corrected chi connectivity index (χ2v) is 6.24. The maximum atomic E-state index is 4.64. The molecule has 5 heteroatoms. The van der Waals surface area contributed by atoms with Gasteiger partial charge in [0.25, 0.3) is 0 Å². The van der Waals surface area contributed by atoms with Crippen molar-refractivity contribution in [1.29, 1.82) is 0 Å². The Balaban J connectivity index is 1.94. The van der Waals surface area contributed by atoms with Crippen molar-refractivity contribution in [1.82, 2.24) is 9.80 Å². The minimum absolute atomic E-state index is 0.601. The lowest BCUT2D eigenvalue weighted by Gasteiger charge is -2.39. The Hall–Kier alpha value is 0.260. The average molecular weight is 292 g/mol. The SMILES string of the molecule is CC1CN(C)CCN1C1=NCC(CBr)S1. The Morgan fingerprint density at radius 2 is 2.33 bits per heavy atom. The van der Waals surface area contributed by atoms with Crippen LogP contribution in [0.5, 0.6) is 0 Å². The summed E-state index contributed by atoms with van der Waals surface area (Å²) < 4.78 is 0. The molecule has 0 bridgehead atoms. The van der Waals surface area contributed by atoms with Crippen LogP contribution in [0.15, 0.2) is 4.99 Å². The van der Waals surface area contributed by atoms with Crippen molar-refractivity contribution in [2.24, 2.45) is 4.99 Å². The monoisotopic (exact) mass is 291 g/mol. The summed E-state index contributed by atoms with van der Waals surface area (Å²) in [6, 6.07) is 0.601. The van der Waals surface area contributed by atoms with Crippen LogP contribution in [-0.4, -0.2) is 64.8 Å². The highest BCUT2D eigenvalue weighted by molar-refractivity contribution is 9.09. The quantitative estimate of drug-likeness (QED) is 0.682. The van der Waals surface area contributed by atoms with Crippen LogP contribution < -0.4 is 0 Å². The number of amidine groups is 1. The number of hydrogen-bond donors (Lipinski definition) is 0. The predicted octanol–water partition coefficient (Wildman–Crippen LogP) is 1.49. The van der Waals surface area contributed by atoms with Crippen LogP contribution in [0.3, 0.4) is 0 Å². The largest absolute Gasteiger partial charge is 0.346 e. The van der Waals surface area contributed by atoms with Crippen LogP contribution in [0, 0.1) is 0 Å². The van der Waals surface area contributed by atoms with E-state index in [0.717, 1.165) is 31.5 Å². The maximum absolute atomic E-state index is 4.64. The number of halogens is 1. The molecule has 2 rings (SSSR count). The fourth-order valence-electron chi connectivity index (χ4n) is 2.07. The molecule has 3 nitrogen and oxygen atoms in total. The first-order valence-corrected chi connectivity index (χ1v) is 7.43. The Kier molecular flexibility index (Phi) is 3.96. The highest BCUT2D eigenvalue weighted by Crippen LogP contribution is 2.26. The summed E-state index contributed by atoms with van der Waals surface area (Å²) in [4.78, 5) is 9.50. The second kappa shape index (κ2) is 5.06. The van der Waals surface area contributed by atoms with E-state index in [4.69, 9.17) is 0 Å². The number of alkyl halides is 1. The second-order valence-electron chi connectivity index (χ2n) is 4.32. The standard InChI is InChI=1S/C10H18BrN3S/c1-8-7-13(2)3-4-14(8)10-12-6-9(5-11)15-10/h8-9H,3-7H2,1-2H3. The smallest absolute Gasteiger partial charge is 0.159 e. The Morgan fingerprint density at radius 1 is 1.53 bits per heavy atom. The fourth-order valence-corrected chi connectivity index (χ4v) is 3.73. The molecule has 2 unspecified atom stereocenters. The van der Waals surface area contributed by atoms with Gasteiger partial charge in [-0.25, -0.2) is 0 Å². The summed E-state index contributed by atoms with van der Waals surface area (Å²) >= 11 is 5.46. The lowest BCUT2D eigenvalue weighted by atomic mass is 10.2. The fraction of sp³-hybridized carbons (Fsp3) is 0.900. The van der Waals surface area contributed by atoms with E-state index in [1.54, 1.807) is 0 Å². The molecule has 2 aliphatic heterocycles. The maximum Gasteiger partial charge on any atom is 0.159 e. The molecule has 0 saturated carbocycles. The normalized spacial score (nSPS) is 33.3. The van der Waals surface area contributed by atoms with E-state index in [0.29, 0.717) is 11.3 Å². The first-order valence-electron chi connectivity index (χ1n) is 5.43. The summed E-state index contributed by atoms with van der Waals surface area (Å²) in [5, 5.41) is 2.96. The molecule has 0 N–H and O–H groups in total. The van der Waals surface area contributed by atoms with Gasteiger partial charge in [-0.1, -0.05) is 27.7 Å². The zero-order chi connectivity index (χ0) is 10.8. The Bertz CT molecular complexity index is 259. The number of thioether (sulfide) groups is 1. The number of rotatable bonds is 1. The van der Waals surface area contributed by atoms with Gasteiger partial charge in [-0.15, -0.1) is 0 Å². The minimum Gasteiger partial charge on any atom is -0.346 e. The van der Waals surface area contributed by atoms with Gasteiger partial charge >= 0.3 is 0 Å². The number of aliphatic imine (C=N–C) groups is 1. The first kappa shape index (κ1) is 11.7. The topological polar surface area (TPSA) is 18.8 Å². The third-order valence-electron chi connectivity index (χ3n) is 2.95. The summed E-state index contributed by atoms with van der Waals surface area (Å²) in [5.74, 6) is 0. The average Bonchev–Trinajstić information content (AvgIpc) is 2.66. The van der Waals surface area contributed by atoms with E-state index in [9.17, 15) is 0 Å². The highest BCUT2D eigenvalue weighted by Gasteiger charge is 2.29. The molecule has 0 aromatic heterocycles. The predicted molar refractivity (Wildman–Crippen MR) is 71.1 cm³/mol. The van der Waals surface area contributed by atoms with Crippen molar-refractivity contribution in [3.63, 3.8) is 0 Å². The van der Waals surface area contributed by atoms with Crippen molar-refractivity contribution in [3.8, 4) is 0 Å². The minimum atomic E-state index is 0.601. The van der Waals surface area contributed by atoms with Gasteiger partial charge in [-0.3, -0.25) is 4.99 Å². The molecule has 15 heavy (non-hydrogen) atoms. The van der Waals surface area contributed by atoms with Gasteiger partial charge in [0.1, 0.15) is 0 Å². The summed E-state index contributed by atoms with van der Waals surface area (Å²) in [6.45, 7) is 6.70. The molecule has 2 heterocycles. The molecule has 1 fully saturated rings. The summed E-state index contributed by atoms with van der Waals surface area (Å²) in [5.41, 5.74) is 0. The van der Waals surface area contributed by atoms with Gasteiger partial charge < -0.3 is 9.80 Å². The molecule has 0 spiro atoms. The van der Waals surface area contributed by atoms with Gasteiger partial charge in [0.2, 0.25) is 0 Å². The number of hydrogen-bond acceptors (Lipinski definition) is 4. The van der Waals surface area contributed by atoms with Crippen LogP contribution in [-0.2, 0) is 0 Å². The number of likely N-dealkylation sites (N-methyl/N-ethyl adjacent to an activating group) is 1. The van der Waals surface area contributed by atoms with E-state index in [-0.39, 0.29) is 0 Å². The van der Waals surface area contributed by atoms with E-state index >= 15 is 0 Å². The molecule has 0 amide bonds. The van der Waals surface area contributed by atoms with Crippen molar-refractivity contribution in [3.05, 3.63) is 0 Å². The summed E-state index contributed by atoms with van der Waals surface area (Å²) in [6.07, 6.45) is 0. The van der Waals surface area contributed by atoms with Crippen LogP contribution in [0.1, 0.15) is 6.92 Å². The van der Waals surface area contributed by atoms with E-state index in [2.05, 4.69) is 44.7 Å². The number of nitrogens with zero attached hydrogens (tertiary/aromatic N) is 3. The zero-order valence-corrected chi connectivity index (χ0v) is 11.7. The lowest BCUT2D eigenvalue weighted by molar-refractivity contribution is 0.164. The summed E-state index contributed by atoms with van der Waals surface area (Å²) in [7, 11) is 2.19. The third-order valence-corrected chi connectivity index (χ3v) is 5.38. The zero-order valence-electron chi connectivity index (χ0n) is 9.32. The van der Waals surface area contributed by atoms with E-state index in [1.165, 1.54) is 5.17 Å². The van der Waals surface area contributed by atoms with Crippen molar-refractivity contribution in [2.75, 3.05) is 38.6 Å². The van der Waals surface area contributed by atoms with Gasteiger partial charge in [0, 0.05) is 36.3 Å². The van der Waals surface area contributed by atoms with Crippen LogP contribution in [0.4, 0.5) is 0 Å². The third kappa shape index (κ3) is 2.68. The Morgan fingerprint density at radius 3 is 2.93 bits per heavy atom. The molecule has 0 aromatic rings. The molecule has 2 atom stereocenters. The van der Waals surface area contributed by atoms with Crippen molar-refractivity contribution >= 4 is 32.9 Å². The first-order chi connectivity index (χ1) is 7.20. The van der Waals surface area contributed by atoms with Gasteiger partial charge in [-0.2, -0.15) is 0 Å². The molecular formula is C10H18BrN3S. The van der Waals surface area contributed by atoms with Crippen LogP contribution in [0.2, 0.25) is 0 Å². The molecule has 86 valence electrons. The molecule has 0 aromatic carbocycles. The molecule has 0 aliphatic carbocycles. The molecule has 0 radical (unpaired) electrons. The van der Waals surface area contributed by atoms with Gasteiger partial charge in [-0.05, 0) is 14.0 Å².